The highest BCUT2D eigenvalue weighted by Gasteiger charge is 2.37. The summed E-state index contributed by atoms with van der Waals surface area (Å²) in [5, 5.41) is 3.03. The Bertz CT molecular complexity index is 762. The molecule has 5 N–H and O–H groups in total. The predicted molar refractivity (Wildman–Crippen MR) is 86.7 cm³/mol. The summed E-state index contributed by atoms with van der Waals surface area (Å²) in [4.78, 5) is 12.5. The molecule has 1 aliphatic heterocycles. The van der Waals surface area contributed by atoms with Crippen molar-refractivity contribution in [1.29, 1.82) is 0 Å². The van der Waals surface area contributed by atoms with Gasteiger partial charge in [-0.3, -0.25) is 4.79 Å². The van der Waals surface area contributed by atoms with Gasteiger partial charge in [0.2, 0.25) is 0 Å². The van der Waals surface area contributed by atoms with Gasteiger partial charge in [0.1, 0.15) is 5.82 Å². The first-order chi connectivity index (χ1) is 11.7. The molecule has 124 valence electrons. The number of hydrogen-bond acceptors (Lipinski definition) is 5. The van der Waals surface area contributed by atoms with Crippen LogP contribution in [0.2, 0.25) is 0 Å². The first-order valence-corrected chi connectivity index (χ1v) is 7.89. The summed E-state index contributed by atoms with van der Waals surface area (Å²) < 4.78 is 13.3. The molecule has 2 aliphatic rings. The van der Waals surface area contributed by atoms with Crippen molar-refractivity contribution >= 4 is 5.91 Å². The summed E-state index contributed by atoms with van der Waals surface area (Å²) in [6.45, 7) is 0. The molecule has 6 nitrogen and oxygen atoms in total. The Morgan fingerprint density at radius 1 is 1.04 bits per heavy atom. The normalized spacial score (nSPS) is 23.2. The summed E-state index contributed by atoms with van der Waals surface area (Å²) in [6, 6.07) is 13.7. The molecule has 0 saturated carbocycles. The standard InChI is InChI=1S/C17H18FN5O/c18-11-5-3-4-10(8-11)17(24)19-15-9-14(16-20-22-23-21-16)12-6-1-2-7-13(12)15/h1-8,14-16,20-23H,9H2,(H,19,24). The minimum Gasteiger partial charge on any atom is -0.345 e. The van der Waals surface area contributed by atoms with Crippen molar-refractivity contribution in [2.45, 2.75) is 24.5 Å². The van der Waals surface area contributed by atoms with E-state index in [0.29, 0.717) is 5.56 Å². The molecule has 0 bridgehead atoms. The van der Waals surface area contributed by atoms with Crippen molar-refractivity contribution in [2.24, 2.45) is 0 Å². The van der Waals surface area contributed by atoms with Gasteiger partial charge in [-0.1, -0.05) is 30.3 Å². The number of hydrazine groups is 3. The molecular weight excluding hydrogens is 309 g/mol. The van der Waals surface area contributed by atoms with Crippen LogP contribution in [0.1, 0.15) is 39.9 Å². The number of hydrogen-bond donors (Lipinski definition) is 5. The largest absolute Gasteiger partial charge is 0.345 e. The van der Waals surface area contributed by atoms with Crippen molar-refractivity contribution in [3.05, 3.63) is 71.0 Å². The number of halogens is 1. The average Bonchev–Trinajstić information content (AvgIpc) is 3.23. The highest BCUT2D eigenvalue weighted by molar-refractivity contribution is 5.94. The molecule has 0 radical (unpaired) electrons. The number of amides is 1. The molecule has 1 fully saturated rings. The third-order valence-electron chi connectivity index (χ3n) is 4.57. The molecule has 7 heteroatoms. The molecule has 24 heavy (non-hydrogen) atoms. The molecule has 2 unspecified atom stereocenters. The van der Waals surface area contributed by atoms with E-state index >= 15 is 0 Å². The van der Waals surface area contributed by atoms with Crippen LogP contribution in [0.3, 0.4) is 0 Å². The first kappa shape index (κ1) is 15.2. The lowest BCUT2D eigenvalue weighted by Crippen LogP contribution is -2.39. The summed E-state index contributed by atoms with van der Waals surface area (Å²) in [7, 11) is 0. The molecule has 0 spiro atoms. The van der Waals surface area contributed by atoms with Crippen LogP contribution >= 0.6 is 0 Å². The Kier molecular flexibility index (Phi) is 3.99. The lowest BCUT2D eigenvalue weighted by atomic mass is 9.99. The van der Waals surface area contributed by atoms with Crippen LogP contribution in [-0.2, 0) is 0 Å². The fourth-order valence-corrected chi connectivity index (χ4v) is 3.46. The number of carbonyl (C=O) groups excluding carboxylic acids is 1. The number of benzene rings is 2. The maximum absolute atomic E-state index is 13.3. The molecule has 4 rings (SSSR count). The van der Waals surface area contributed by atoms with E-state index in [1.807, 2.05) is 18.2 Å². The van der Waals surface area contributed by atoms with E-state index in [-0.39, 0.29) is 24.0 Å². The molecule has 1 amide bonds. The van der Waals surface area contributed by atoms with Gasteiger partial charge < -0.3 is 5.32 Å². The summed E-state index contributed by atoms with van der Waals surface area (Å²) in [5.41, 5.74) is 14.5. The molecule has 1 aliphatic carbocycles. The Morgan fingerprint density at radius 2 is 1.79 bits per heavy atom. The van der Waals surface area contributed by atoms with Gasteiger partial charge >= 0.3 is 0 Å². The molecule has 0 aromatic heterocycles. The molecule has 2 aromatic rings. The van der Waals surface area contributed by atoms with E-state index < -0.39 is 5.82 Å². The van der Waals surface area contributed by atoms with E-state index in [1.165, 1.54) is 17.7 Å². The van der Waals surface area contributed by atoms with Gasteiger partial charge in [0, 0.05) is 11.5 Å². The maximum Gasteiger partial charge on any atom is 0.251 e. The van der Waals surface area contributed by atoms with Crippen molar-refractivity contribution in [3.8, 4) is 0 Å². The quantitative estimate of drug-likeness (QED) is 0.586. The summed E-state index contributed by atoms with van der Waals surface area (Å²) in [6.07, 6.45) is 0.774. The Labute approximate surface area is 138 Å². The first-order valence-electron chi connectivity index (χ1n) is 7.89. The van der Waals surface area contributed by atoms with Gasteiger partial charge in [-0.2, -0.15) is 11.1 Å². The second kappa shape index (κ2) is 6.29. The number of carbonyl (C=O) groups is 1. The zero-order valence-electron chi connectivity index (χ0n) is 12.8. The molecular formula is C17H18FN5O. The lowest BCUT2D eigenvalue weighted by Gasteiger charge is -2.19. The lowest BCUT2D eigenvalue weighted by molar-refractivity contribution is 0.0934. The second-order valence-corrected chi connectivity index (χ2v) is 6.02. The number of nitrogens with one attached hydrogen (secondary N) is 5. The van der Waals surface area contributed by atoms with Crippen LogP contribution in [-0.4, -0.2) is 12.1 Å². The van der Waals surface area contributed by atoms with Crippen LogP contribution in [0.25, 0.3) is 0 Å². The van der Waals surface area contributed by atoms with Gasteiger partial charge in [-0.15, -0.1) is 0 Å². The van der Waals surface area contributed by atoms with E-state index in [1.54, 1.807) is 12.1 Å². The zero-order chi connectivity index (χ0) is 16.5. The smallest absolute Gasteiger partial charge is 0.251 e. The second-order valence-electron chi connectivity index (χ2n) is 6.02. The van der Waals surface area contributed by atoms with Crippen LogP contribution < -0.4 is 27.2 Å². The predicted octanol–water partition coefficient (Wildman–Crippen LogP) is 1.23. The highest BCUT2D eigenvalue weighted by atomic mass is 19.1. The van der Waals surface area contributed by atoms with E-state index in [4.69, 9.17) is 0 Å². The van der Waals surface area contributed by atoms with Crippen molar-refractivity contribution in [2.75, 3.05) is 0 Å². The van der Waals surface area contributed by atoms with Gasteiger partial charge in [0.05, 0.1) is 12.2 Å². The van der Waals surface area contributed by atoms with Crippen LogP contribution in [0, 0.1) is 5.82 Å². The van der Waals surface area contributed by atoms with Crippen molar-refractivity contribution < 1.29 is 9.18 Å². The minimum atomic E-state index is -0.413. The molecule has 1 heterocycles. The van der Waals surface area contributed by atoms with Gasteiger partial charge in [-0.25, -0.2) is 15.2 Å². The van der Waals surface area contributed by atoms with E-state index in [2.05, 4.69) is 33.3 Å². The third-order valence-corrected chi connectivity index (χ3v) is 4.57. The fraction of sp³-hybridized carbons (Fsp3) is 0.235. The van der Waals surface area contributed by atoms with Gasteiger partial charge in [-0.05, 0) is 35.7 Å². The monoisotopic (exact) mass is 327 g/mol. The average molecular weight is 327 g/mol. The topological polar surface area (TPSA) is 77.2 Å². The van der Waals surface area contributed by atoms with Gasteiger partial charge in [0.25, 0.3) is 5.91 Å². The zero-order valence-corrected chi connectivity index (χ0v) is 12.8. The Hall–Kier alpha value is -2.32. The van der Waals surface area contributed by atoms with Gasteiger partial charge in [0.15, 0.2) is 0 Å². The van der Waals surface area contributed by atoms with Crippen LogP contribution in [0.5, 0.6) is 0 Å². The number of fused-ring (bicyclic) bond motifs is 1. The fourth-order valence-electron chi connectivity index (χ4n) is 3.46. The van der Waals surface area contributed by atoms with E-state index in [0.717, 1.165) is 12.0 Å². The minimum absolute atomic E-state index is 0.0159. The van der Waals surface area contributed by atoms with Crippen LogP contribution in [0.15, 0.2) is 48.5 Å². The van der Waals surface area contributed by atoms with Crippen molar-refractivity contribution in [3.63, 3.8) is 0 Å². The summed E-state index contributed by atoms with van der Waals surface area (Å²) >= 11 is 0. The summed E-state index contributed by atoms with van der Waals surface area (Å²) in [5.74, 6) is -0.482. The van der Waals surface area contributed by atoms with Crippen LogP contribution in [0.4, 0.5) is 4.39 Å². The molecule has 2 atom stereocenters. The number of rotatable bonds is 3. The SMILES string of the molecule is O=C(NC1CC(C2NNNN2)c2ccccc21)c1cccc(F)c1. The Morgan fingerprint density at radius 3 is 2.54 bits per heavy atom. The Balaban J connectivity index is 1.56. The van der Waals surface area contributed by atoms with Crippen molar-refractivity contribution in [1.82, 2.24) is 27.2 Å². The highest BCUT2D eigenvalue weighted by Crippen LogP contribution is 2.41. The maximum atomic E-state index is 13.3. The molecule has 2 aromatic carbocycles. The molecule has 1 saturated heterocycles. The third kappa shape index (κ3) is 2.78. The van der Waals surface area contributed by atoms with E-state index in [9.17, 15) is 9.18 Å².